The van der Waals surface area contributed by atoms with Crippen molar-refractivity contribution in [3.05, 3.63) is 22.8 Å². The molecule has 0 aromatic carbocycles. The largest absolute Gasteiger partial charge is 0.478 e. The fourth-order valence-electron chi connectivity index (χ4n) is 3.92. The predicted molar refractivity (Wildman–Crippen MR) is 79.6 cm³/mol. The summed E-state index contributed by atoms with van der Waals surface area (Å²) in [5.41, 5.74) is 2.96. The smallest absolute Gasteiger partial charge is 0.330 e. The molecule has 2 aliphatic rings. The Morgan fingerprint density at radius 2 is 1.95 bits per heavy atom. The highest BCUT2D eigenvalue weighted by molar-refractivity contribution is 5.85. The van der Waals surface area contributed by atoms with Gasteiger partial charge in [0.05, 0.1) is 0 Å². The van der Waals surface area contributed by atoms with E-state index in [9.17, 15) is 9.59 Å². The Hall–Kier alpha value is -1.58. The van der Waals surface area contributed by atoms with Crippen molar-refractivity contribution in [2.24, 2.45) is 17.8 Å². The van der Waals surface area contributed by atoms with E-state index in [-0.39, 0.29) is 23.9 Å². The van der Waals surface area contributed by atoms with Crippen LogP contribution in [-0.4, -0.2) is 23.1 Å². The molecule has 0 saturated heterocycles. The fourth-order valence-corrected chi connectivity index (χ4v) is 3.92. The van der Waals surface area contributed by atoms with Crippen LogP contribution in [0.2, 0.25) is 0 Å². The number of hydrogen-bond acceptors (Lipinski definition) is 3. The van der Waals surface area contributed by atoms with Crippen molar-refractivity contribution in [3.63, 3.8) is 0 Å². The number of ether oxygens (including phenoxy) is 1. The molecule has 0 radical (unpaired) electrons. The van der Waals surface area contributed by atoms with E-state index in [0.29, 0.717) is 11.5 Å². The zero-order valence-corrected chi connectivity index (χ0v) is 13.2. The monoisotopic (exact) mass is 292 g/mol. The summed E-state index contributed by atoms with van der Waals surface area (Å²) in [7, 11) is 0. The van der Waals surface area contributed by atoms with Crippen molar-refractivity contribution in [1.82, 2.24) is 0 Å². The number of carboxylic acids is 1. The minimum absolute atomic E-state index is 0.0752. The molecule has 0 aromatic heterocycles. The lowest BCUT2D eigenvalue weighted by molar-refractivity contribution is -0.148. The molecule has 0 aliphatic heterocycles. The van der Waals surface area contributed by atoms with E-state index in [4.69, 9.17) is 9.84 Å². The maximum atomic E-state index is 11.3. The molecule has 2 rings (SSSR count). The third-order valence-electron chi connectivity index (χ3n) is 4.81. The van der Waals surface area contributed by atoms with Gasteiger partial charge in [-0.2, -0.15) is 0 Å². The molecule has 0 bridgehead atoms. The minimum atomic E-state index is -0.863. The summed E-state index contributed by atoms with van der Waals surface area (Å²) in [5, 5.41) is 9.09. The summed E-state index contributed by atoms with van der Waals surface area (Å²) in [5.74, 6) is -0.219. The van der Waals surface area contributed by atoms with E-state index in [0.717, 1.165) is 19.3 Å². The predicted octanol–water partition coefficient (Wildman–Crippen LogP) is 3.33. The summed E-state index contributed by atoms with van der Waals surface area (Å²) in [4.78, 5) is 22.4. The number of hydrogen-bond donors (Lipinski definition) is 1. The standard InChI is InChI=1S/C17H24O4/c1-9-5-6-13(7-11(3)17(19)20)15-10(2)8-14(16(9)15)21-12(4)18/h7,9,13-14,16H,5-6,8H2,1-4H3,(H,19,20)/b11-7+/t9-,13-,14-,16-/m1/s1. The van der Waals surface area contributed by atoms with Crippen LogP contribution >= 0.6 is 0 Å². The van der Waals surface area contributed by atoms with E-state index in [1.807, 2.05) is 6.08 Å². The van der Waals surface area contributed by atoms with E-state index < -0.39 is 5.97 Å². The van der Waals surface area contributed by atoms with Gasteiger partial charge in [0.25, 0.3) is 0 Å². The number of fused-ring (bicyclic) bond motifs is 1. The first-order valence-corrected chi connectivity index (χ1v) is 7.59. The first-order chi connectivity index (χ1) is 9.81. The topological polar surface area (TPSA) is 63.6 Å². The highest BCUT2D eigenvalue weighted by atomic mass is 16.5. The number of allylic oxidation sites excluding steroid dienone is 1. The zero-order chi connectivity index (χ0) is 15.7. The summed E-state index contributed by atoms with van der Waals surface area (Å²) < 4.78 is 5.50. The van der Waals surface area contributed by atoms with Gasteiger partial charge in [0.2, 0.25) is 0 Å². The maximum absolute atomic E-state index is 11.3. The minimum Gasteiger partial charge on any atom is -0.478 e. The lowest BCUT2D eigenvalue weighted by atomic mass is 9.70. The van der Waals surface area contributed by atoms with Crippen molar-refractivity contribution in [3.8, 4) is 0 Å². The number of rotatable bonds is 3. The van der Waals surface area contributed by atoms with E-state index >= 15 is 0 Å². The first kappa shape index (κ1) is 15.8. The molecule has 2 aliphatic carbocycles. The Kier molecular flexibility index (Phi) is 4.55. The summed E-state index contributed by atoms with van der Waals surface area (Å²) in [6.45, 7) is 7.38. The number of esters is 1. The molecule has 4 nitrogen and oxygen atoms in total. The van der Waals surface area contributed by atoms with E-state index in [1.165, 1.54) is 18.1 Å². The molecule has 4 atom stereocenters. The van der Waals surface area contributed by atoms with Crippen LogP contribution in [0.15, 0.2) is 22.8 Å². The second-order valence-corrected chi connectivity index (χ2v) is 6.43. The second-order valence-electron chi connectivity index (χ2n) is 6.43. The average Bonchev–Trinajstić information content (AvgIpc) is 2.69. The molecule has 1 saturated carbocycles. The van der Waals surface area contributed by atoms with Gasteiger partial charge in [-0.15, -0.1) is 0 Å². The Morgan fingerprint density at radius 3 is 2.52 bits per heavy atom. The summed E-state index contributed by atoms with van der Waals surface area (Å²) in [6.07, 6.45) is 4.58. The SMILES string of the molecule is CC(=O)O[C@@H]1CC(C)=C2[C@@H]1[C@H](C)CC[C@@H]2/C=C(\C)C(=O)O. The van der Waals surface area contributed by atoms with Crippen molar-refractivity contribution >= 4 is 11.9 Å². The van der Waals surface area contributed by atoms with Crippen molar-refractivity contribution in [1.29, 1.82) is 0 Å². The van der Waals surface area contributed by atoms with Crippen LogP contribution < -0.4 is 0 Å². The van der Waals surface area contributed by atoms with Crippen LogP contribution in [0, 0.1) is 17.8 Å². The Labute approximate surface area is 125 Å². The van der Waals surface area contributed by atoms with Gasteiger partial charge in [-0.3, -0.25) is 4.79 Å². The number of aliphatic carboxylic acids is 1. The van der Waals surface area contributed by atoms with Crippen LogP contribution in [0.5, 0.6) is 0 Å². The van der Waals surface area contributed by atoms with Gasteiger partial charge < -0.3 is 9.84 Å². The van der Waals surface area contributed by atoms with E-state index in [1.54, 1.807) is 6.92 Å². The molecule has 0 aromatic rings. The third-order valence-corrected chi connectivity index (χ3v) is 4.81. The quantitative estimate of drug-likeness (QED) is 0.492. The summed E-state index contributed by atoms with van der Waals surface area (Å²) >= 11 is 0. The lowest BCUT2D eigenvalue weighted by Gasteiger charge is -2.36. The van der Waals surface area contributed by atoms with Crippen molar-refractivity contribution < 1.29 is 19.4 Å². The fraction of sp³-hybridized carbons (Fsp3) is 0.647. The second kappa shape index (κ2) is 6.04. The molecule has 116 valence electrons. The van der Waals surface area contributed by atoms with Crippen LogP contribution in [0.4, 0.5) is 0 Å². The molecule has 0 spiro atoms. The Balaban J connectivity index is 2.29. The highest BCUT2D eigenvalue weighted by Crippen LogP contribution is 2.49. The zero-order valence-electron chi connectivity index (χ0n) is 13.2. The Morgan fingerprint density at radius 1 is 1.29 bits per heavy atom. The van der Waals surface area contributed by atoms with E-state index in [2.05, 4.69) is 13.8 Å². The number of carbonyl (C=O) groups is 2. The summed E-state index contributed by atoms with van der Waals surface area (Å²) in [6, 6.07) is 0. The molecule has 0 unspecified atom stereocenters. The van der Waals surface area contributed by atoms with Gasteiger partial charge in [0.1, 0.15) is 6.10 Å². The van der Waals surface area contributed by atoms with Gasteiger partial charge in [0, 0.05) is 24.8 Å². The highest BCUT2D eigenvalue weighted by Gasteiger charge is 2.43. The van der Waals surface area contributed by atoms with Gasteiger partial charge in [0.15, 0.2) is 0 Å². The van der Waals surface area contributed by atoms with Crippen LogP contribution in [0.25, 0.3) is 0 Å². The van der Waals surface area contributed by atoms with Crippen LogP contribution in [0.1, 0.15) is 47.0 Å². The molecule has 0 heterocycles. The number of carbonyl (C=O) groups excluding carboxylic acids is 1. The van der Waals surface area contributed by atoms with Gasteiger partial charge in [-0.05, 0) is 38.5 Å². The van der Waals surface area contributed by atoms with Gasteiger partial charge in [-0.1, -0.05) is 24.1 Å². The lowest BCUT2D eigenvalue weighted by Crippen LogP contribution is -2.33. The molecule has 1 N–H and O–H groups in total. The van der Waals surface area contributed by atoms with Crippen LogP contribution in [0.3, 0.4) is 0 Å². The normalized spacial score (nSPS) is 32.9. The average molecular weight is 292 g/mol. The Bertz CT molecular complexity index is 515. The molecule has 21 heavy (non-hydrogen) atoms. The first-order valence-electron chi connectivity index (χ1n) is 7.59. The number of carboxylic acid groups (broad SMARTS) is 1. The molecule has 1 fully saturated rings. The molecule has 0 amide bonds. The van der Waals surface area contributed by atoms with Crippen molar-refractivity contribution in [2.45, 2.75) is 53.1 Å². The van der Waals surface area contributed by atoms with Crippen LogP contribution in [-0.2, 0) is 14.3 Å². The van der Waals surface area contributed by atoms with Crippen molar-refractivity contribution in [2.75, 3.05) is 0 Å². The van der Waals surface area contributed by atoms with Gasteiger partial charge in [-0.25, -0.2) is 4.79 Å². The molecule has 4 heteroatoms. The third kappa shape index (κ3) is 3.20. The van der Waals surface area contributed by atoms with Gasteiger partial charge >= 0.3 is 11.9 Å². The molecular weight excluding hydrogens is 268 g/mol. The maximum Gasteiger partial charge on any atom is 0.330 e. The molecular formula is C17H24O4.